The minimum atomic E-state index is -1.25. The Kier molecular flexibility index (Phi) is 2.60. The van der Waals surface area contributed by atoms with E-state index in [1.54, 1.807) is 0 Å². The van der Waals surface area contributed by atoms with Crippen molar-refractivity contribution in [1.29, 1.82) is 0 Å². The van der Waals surface area contributed by atoms with Crippen molar-refractivity contribution in [3.05, 3.63) is 35.4 Å². The van der Waals surface area contributed by atoms with Gasteiger partial charge in [-0.15, -0.1) is 0 Å². The number of carboxylic acid groups (broad SMARTS) is 1. The highest BCUT2D eigenvalue weighted by atomic mass is 19.1. The highest BCUT2D eigenvalue weighted by molar-refractivity contribution is 5.75. The van der Waals surface area contributed by atoms with Gasteiger partial charge in [-0.2, -0.15) is 0 Å². The summed E-state index contributed by atoms with van der Waals surface area (Å²) in [6.45, 7) is 1.24. The molecular formula is C9H8F2O2. The minimum absolute atomic E-state index is 0.394. The van der Waals surface area contributed by atoms with Crippen LogP contribution in [0.25, 0.3) is 0 Å². The Morgan fingerprint density at radius 3 is 2.23 bits per heavy atom. The molecule has 0 aromatic heterocycles. The molecule has 0 aliphatic heterocycles. The first-order chi connectivity index (χ1) is 6.04. The van der Waals surface area contributed by atoms with Gasteiger partial charge in [-0.3, -0.25) is 4.79 Å². The van der Waals surface area contributed by atoms with Gasteiger partial charge < -0.3 is 5.11 Å². The van der Waals surface area contributed by atoms with Gasteiger partial charge in [0.25, 0.3) is 0 Å². The number of hydrogen-bond donors (Lipinski definition) is 1. The van der Waals surface area contributed by atoms with Crippen LogP contribution in [0.5, 0.6) is 0 Å². The molecule has 0 amide bonds. The Hall–Kier alpha value is -1.45. The Bertz CT molecular complexity index is 316. The zero-order valence-electron chi connectivity index (χ0n) is 6.92. The third-order valence-electron chi connectivity index (χ3n) is 1.80. The van der Waals surface area contributed by atoms with Crippen LogP contribution >= 0.6 is 0 Å². The van der Waals surface area contributed by atoms with Gasteiger partial charge in [-0.05, 0) is 19.1 Å². The van der Waals surface area contributed by atoms with E-state index >= 15 is 0 Å². The number of benzene rings is 1. The molecule has 0 aliphatic rings. The first kappa shape index (κ1) is 9.64. The summed E-state index contributed by atoms with van der Waals surface area (Å²) >= 11 is 0. The van der Waals surface area contributed by atoms with Crippen molar-refractivity contribution in [2.24, 2.45) is 0 Å². The van der Waals surface area contributed by atoms with E-state index in [9.17, 15) is 13.6 Å². The summed E-state index contributed by atoms with van der Waals surface area (Å²) in [5.74, 6) is -4.06. The van der Waals surface area contributed by atoms with Gasteiger partial charge in [0.1, 0.15) is 11.6 Å². The third-order valence-corrected chi connectivity index (χ3v) is 1.80. The second-order valence-corrected chi connectivity index (χ2v) is 2.70. The SMILES string of the molecule is CC(C(=O)O)c1c(F)cccc1F. The molecule has 1 unspecified atom stereocenters. The van der Waals surface area contributed by atoms with Crippen molar-refractivity contribution in [1.82, 2.24) is 0 Å². The van der Waals surface area contributed by atoms with Crippen molar-refractivity contribution >= 4 is 5.97 Å². The second-order valence-electron chi connectivity index (χ2n) is 2.70. The van der Waals surface area contributed by atoms with Gasteiger partial charge in [0, 0.05) is 5.56 Å². The first-order valence-electron chi connectivity index (χ1n) is 3.70. The minimum Gasteiger partial charge on any atom is -0.481 e. The van der Waals surface area contributed by atoms with Crippen molar-refractivity contribution in [2.75, 3.05) is 0 Å². The standard InChI is InChI=1S/C9H8F2O2/c1-5(9(12)13)8-6(10)3-2-4-7(8)11/h2-5H,1H3,(H,12,13). The molecule has 0 radical (unpaired) electrons. The van der Waals surface area contributed by atoms with E-state index in [-0.39, 0.29) is 0 Å². The maximum absolute atomic E-state index is 13.0. The van der Waals surface area contributed by atoms with Crippen LogP contribution in [0, 0.1) is 11.6 Å². The maximum atomic E-state index is 13.0. The molecule has 1 rings (SSSR count). The average molecular weight is 186 g/mol. The molecule has 0 aliphatic carbocycles. The quantitative estimate of drug-likeness (QED) is 0.768. The van der Waals surface area contributed by atoms with Gasteiger partial charge >= 0.3 is 5.97 Å². The summed E-state index contributed by atoms with van der Waals surface area (Å²) in [6, 6.07) is 3.28. The molecule has 0 bridgehead atoms. The van der Waals surface area contributed by atoms with Crippen LogP contribution in [0.4, 0.5) is 8.78 Å². The van der Waals surface area contributed by atoms with Crippen LogP contribution in [0.3, 0.4) is 0 Å². The lowest BCUT2D eigenvalue weighted by atomic mass is 10.0. The fourth-order valence-corrected chi connectivity index (χ4v) is 1.05. The number of hydrogen-bond acceptors (Lipinski definition) is 1. The Morgan fingerprint density at radius 1 is 1.38 bits per heavy atom. The molecule has 2 nitrogen and oxygen atoms in total. The zero-order valence-corrected chi connectivity index (χ0v) is 6.92. The van der Waals surface area contributed by atoms with Crippen LogP contribution in [-0.2, 0) is 4.79 Å². The average Bonchev–Trinajstić information content (AvgIpc) is 2.03. The molecule has 0 saturated heterocycles. The van der Waals surface area contributed by atoms with Gasteiger partial charge in [0.2, 0.25) is 0 Å². The number of rotatable bonds is 2. The third kappa shape index (κ3) is 1.83. The molecule has 13 heavy (non-hydrogen) atoms. The Morgan fingerprint density at radius 2 is 1.85 bits per heavy atom. The molecule has 1 atom stereocenters. The largest absolute Gasteiger partial charge is 0.481 e. The molecule has 0 fully saturated rings. The van der Waals surface area contributed by atoms with Gasteiger partial charge in [0.05, 0.1) is 5.92 Å². The van der Waals surface area contributed by atoms with E-state index in [1.165, 1.54) is 13.0 Å². The topological polar surface area (TPSA) is 37.3 Å². The summed E-state index contributed by atoms with van der Waals surface area (Å²) in [6.07, 6.45) is 0. The maximum Gasteiger partial charge on any atom is 0.310 e. The first-order valence-corrected chi connectivity index (χ1v) is 3.70. The number of halogens is 2. The van der Waals surface area contributed by atoms with E-state index in [1.807, 2.05) is 0 Å². The van der Waals surface area contributed by atoms with Crippen LogP contribution < -0.4 is 0 Å². The predicted octanol–water partition coefficient (Wildman–Crippen LogP) is 2.15. The lowest BCUT2D eigenvalue weighted by molar-refractivity contribution is -0.138. The summed E-state index contributed by atoms with van der Waals surface area (Å²) < 4.78 is 25.9. The molecule has 70 valence electrons. The highest BCUT2D eigenvalue weighted by Crippen LogP contribution is 2.22. The molecule has 4 heteroatoms. The normalized spacial score (nSPS) is 12.5. The van der Waals surface area contributed by atoms with Crippen LogP contribution in [0.2, 0.25) is 0 Å². The fraction of sp³-hybridized carbons (Fsp3) is 0.222. The molecular weight excluding hydrogens is 178 g/mol. The highest BCUT2D eigenvalue weighted by Gasteiger charge is 2.21. The van der Waals surface area contributed by atoms with Crippen LogP contribution in [0.15, 0.2) is 18.2 Å². The summed E-state index contributed by atoms with van der Waals surface area (Å²) in [5, 5.41) is 8.55. The number of carbonyl (C=O) groups is 1. The number of aliphatic carboxylic acids is 1. The lowest BCUT2D eigenvalue weighted by Gasteiger charge is -2.08. The lowest BCUT2D eigenvalue weighted by Crippen LogP contribution is -2.11. The van der Waals surface area contributed by atoms with Gasteiger partial charge in [0.15, 0.2) is 0 Å². The smallest absolute Gasteiger partial charge is 0.310 e. The van der Waals surface area contributed by atoms with E-state index < -0.39 is 29.1 Å². The molecule has 1 N–H and O–H groups in total. The summed E-state index contributed by atoms with van der Waals surface area (Å²) in [7, 11) is 0. The van der Waals surface area contributed by atoms with E-state index in [2.05, 4.69) is 0 Å². The van der Waals surface area contributed by atoms with E-state index in [0.29, 0.717) is 0 Å². The predicted molar refractivity (Wildman–Crippen MR) is 42.4 cm³/mol. The van der Waals surface area contributed by atoms with Crippen molar-refractivity contribution in [2.45, 2.75) is 12.8 Å². The molecule has 0 saturated carbocycles. The van der Waals surface area contributed by atoms with Crippen LogP contribution in [-0.4, -0.2) is 11.1 Å². The monoisotopic (exact) mass is 186 g/mol. The van der Waals surface area contributed by atoms with Crippen molar-refractivity contribution in [3.8, 4) is 0 Å². The Balaban J connectivity index is 3.20. The van der Waals surface area contributed by atoms with E-state index in [4.69, 9.17) is 5.11 Å². The van der Waals surface area contributed by atoms with E-state index in [0.717, 1.165) is 12.1 Å². The van der Waals surface area contributed by atoms with Crippen LogP contribution in [0.1, 0.15) is 18.4 Å². The van der Waals surface area contributed by atoms with Gasteiger partial charge in [-0.25, -0.2) is 8.78 Å². The summed E-state index contributed by atoms with van der Waals surface area (Å²) in [4.78, 5) is 10.5. The number of carboxylic acids is 1. The molecule has 0 spiro atoms. The molecule has 1 aromatic carbocycles. The van der Waals surface area contributed by atoms with Crippen molar-refractivity contribution < 1.29 is 18.7 Å². The molecule has 1 aromatic rings. The second kappa shape index (κ2) is 3.51. The fourth-order valence-electron chi connectivity index (χ4n) is 1.05. The molecule has 0 heterocycles. The zero-order chi connectivity index (χ0) is 10.0. The van der Waals surface area contributed by atoms with Crippen molar-refractivity contribution in [3.63, 3.8) is 0 Å². The summed E-state index contributed by atoms with van der Waals surface area (Å²) in [5.41, 5.74) is -0.394. The van der Waals surface area contributed by atoms with Gasteiger partial charge in [-0.1, -0.05) is 6.07 Å². The Labute approximate surface area is 73.8 Å².